The molecule has 1 aromatic carbocycles. The molecule has 1 atom stereocenters. The number of aryl methyl sites for hydroxylation is 1. The van der Waals surface area contributed by atoms with Crippen LogP contribution in [0.4, 0.5) is 0 Å². The summed E-state index contributed by atoms with van der Waals surface area (Å²) in [4.78, 5) is 10.5. The molecule has 0 aliphatic rings. The van der Waals surface area contributed by atoms with Gasteiger partial charge in [-0.1, -0.05) is 30.3 Å². The maximum absolute atomic E-state index is 10.5. The maximum Gasteiger partial charge on any atom is 0.305 e. The normalized spacial score (nSPS) is 14.5. The van der Waals surface area contributed by atoms with Crippen molar-refractivity contribution in [2.45, 2.75) is 31.7 Å². The van der Waals surface area contributed by atoms with Crippen LogP contribution in [0.3, 0.4) is 0 Å². The Morgan fingerprint density at radius 1 is 1.40 bits per heavy atom. The average Bonchev–Trinajstić information content (AvgIpc) is 2.15. The molecule has 15 heavy (non-hydrogen) atoms. The van der Waals surface area contributed by atoms with Gasteiger partial charge in [-0.25, -0.2) is 0 Å². The third kappa shape index (κ3) is 4.61. The van der Waals surface area contributed by atoms with Gasteiger partial charge in [0.2, 0.25) is 0 Å². The third-order valence-electron chi connectivity index (χ3n) is 2.38. The molecule has 0 saturated carbocycles. The van der Waals surface area contributed by atoms with Gasteiger partial charge in [-0.2, -0.15) is 0 Å². The molecule has 82 valence electrons. The van der Waals surface area contributed by atoms with Crippen molar-refractivity contribution in [1.29, 1.82) is 0 Å². The van der Waals surface area contributed by atoms with Crippen LogP contribution < -0.4 is 5.73 Å². The summed E-state index contributed by atoms with van der Waals surface area (Å²) in [6, 6.07) is 9.96. The van der Waals surface area contributed by atoms with Gasteiger partial charge < -0.3 is 10.8 Å². The maximum atomic E-state index is 10.5. The average molecular weight is 207 g/mol. The number of nitrogens with two attached hydrogens (primary N) is 1. The summed E-state index contributed by atoms with van der Waals surface area (Å²) >= 11 is 0. The molecule has 0 spiro atoms. The van der Waals surface area contributed by atoms with Crippen LogP contribution in [0.2, 0.25) is 0 Å². The molecule has 0 bridgehead atoms. The zero-order valence-electron chi connectivity index (χ0n) is 8.94. The molecule has 0 aromatic heterocycles. The smallest absolute Gasteiger partial charge is 0.305 e. The minimum absolute atomic E-state index is 0.0137. The number of rotatable bonds is 5. The number of carboxylic acid groups (broad SMARTS) is 1. The van der Waals surface area contributed by atoms with Crippen molar-refractivity contribution < 1.29 is 9.90 Å². The van der Waals surface area contributed by atoms with Crippen LogP contribution >= 0.6 is 0 Å². The third-order valence-corrected chi connectivity index (χ3v) is 2.38. The molecule has 3 N–H and O–H groups in total. The van der Waals surface area contributed by atoms with Gasteiger partial charge in [0.05, 0.1) is 6.42 Å². The molecular weight excluding hydrogens is 190 g/mol. The van der Waals surface area contributed by atoms with Crippen molar-refractivity contribution in [2.75, 3.05) is 0 Å². The lowest BCUT2D eigenvalue weighted by molar-refractivity contribution is -0.138. The van der Waals surface area contributed by atoms with Crippen LogP contribution in [0, 0.1) is 0 Å². The van der Waals surface area contributed by atoms with Crippen molar-refractivity contribution >= 4 is 5.97 Å². The van der Waals surface area contributed by atoms with E-state index in [1.54, 1.807) is 6.92 Å². The topological polar surface area (TPSA) is 63.3 Å². The van der Waals surface area contributed by atoms with Gasteiger partial charge in [0.25, 0.3) is 0 Å². The summed E-state index contributed by atoms with van der Waals surface area (Å²) in [5, 5.41) is 8.67. The first-order valence-corrected chi connectivity index (χ1v) is 5.04. The number of aliphatic carboxylic acids is 1. The number of carbonyl (C=O) groups is 1. The Labute approximate surface area is 89.9 Å². The van der Waals surface area contributed by atoms with E-state index in [0.29, 0.717) is 6.42 Å². The molecular formula is C12H17NO2. The first-order valence-electron chi connectivity index (χ1n) is 5.04. The Balaban J connectivity index is 2.46. The van der Waals surface area contributed by atoms with Gasteiger partial charge in [-0.3, -0.25) is 4.79 Å². The van der Waals surface area contributed by atoms with E-state index in [4.69, 9.17) is 10.8 Å². The van der Waals surface area contributed by atoms with Crippen molar-refractivity contribution in [3.8, 4) is 0 Å². The van der Waals surface area contributed by atoms with Crippen LogP contribution in [-0.4, -0.2) is 16.6 Å². The van der Waals surface area contributed by atoms with E-state index in [-0.39, 0.29) is 6.42 Å². The standard InChI is InChI=1S/C12H17NO2/c1-12(13,9-11(14)15)8-7-10-5-3-2-4-6-10/h2-6H,7-9,13H2,1H3,(H,14,15). The van der Waals surface area contributed by atoms with Gasteiger partial charge in [-0.15, -0.1) is 0 Å². The minimum Gasteiger partial charge on any atom is -0.481 e. The van der Waals surface area contributed by atoms with Crippen LogP contribution in [0.15, 0.2) is 30.3 Å². The lowest BCUT2D eigenvalue weighted by Crippen LogP contribution is -2.38. The van der Waals surface area contributed by atoms with Gasteiger partial charge in [0.15, 0.2) is 0 Å². The highest BCUT2D eigenvalue weighted by atomic mass is 16.4. The molecule has 1 unspecified atom stereocenters. The SMILES string of the molecule is CC(N)(CCc1ccccc1)CC(=O)O. The second-order valence-corrected chi connectivity index (χ2v) is 4.21. The highest BCUT2D eigenvalue weighted by molar-refractivity contribution is 5.68. The fraction of sp³-hybridized carbons (Fsp3) is 0.417. The number of benzene rings is 1. The Morgan fingerprint density at radius 2 is 2.00 bits per heavy atom. The van der Waals surface area contributed by atoms with Crippen LogP contribution in [0.5, 0.6) is 0 Å². The summed E-state index contributed by atoms with van der Waals surface area (Å²) in [5.74, 6) is -0.840. The molecule has 0 aliphatic heterocycles. The lowest BCUT2D eigenvalue weighted by Gasteiger charge is -2.22. The van der Waals surface area contributed by atoms with E-state index in [9.17, 15) is 4.79 Å². The summed E-state index contributed by atoms with van der Waals surface area (Å²) in [5.41, 5.74) is 6.46. The Bertz CT molecular complexity index is 320. The molecule has 1 aromatic rings. The zero-order chi connectivity index (χ0) is 11.3. The monoisotopic (exact) mass is 207 g/mol. The van der Waals surface area contributed by atoms with E-state index in [1.165, 1.54) is 5.56 Å². The fourth-order valence-electron chi connectivity index (χ4n) is 1.51. The molecule has 0 radical (unpaired) electrons. The van der Waals surface area contributed by atoms with Gasteiger partial charge >= 0.3 is 5.97 Å². The van der Waals surface area contributed by atoms with Crippen LogP contribution in [0.1, 0.15) is 25.3 Å². The molecule has 0 fully saturated rings. The number of hydrogen-bond acceptors (Lipinski definition) is 2. The quantitative estimate of drug-likeness (QED) is 0.774. The van der Waals surface area contributed by atoms with E-state index in [1.807, 2.05) is 30.3 Å². The zero-order valence-corrected chi connectivity index (χ0v) is 8.94. The minimum atomic E-state index is -0.840. The first kappa shape index (κ1) is 11.7. The molecule has 0 heterocycles. The Kier molecular flexibility index (Phi) is 3.86. The van der Waals surface area contributed by atoms with Crippen LogP contribution in [-0.2, 0) is 11.2 Å². The van der Waals surface area contributed by atoms with E-state index >= 15 is 0 Å². The Hall–Kier alpha value is -1.35. The summed E-state index contributed by atoms with van der Waals surface area (Å²) in [7, 11) is 0. The Morgan fingerprint density at radius 3 is 2.53 bits per heavy atom. The van der Waals surface area contributed by atoms with Gasteiger partial charge in [0, 0.05) is 5.54 Å². The number of hydrogen-bond donors (Lipinski definition) is 2. The van der Waals surface area contributed by atoms with E-state index in [0.717, 1.165) is 6.42 Å². The van der Waals surface area contributed by atoms with E-state index in [2.05, 4.69) is 0 Å². The summed E-state index contributed by atoms with van der Waals surface area (Å²) in [6.07, 6.45) is 1.52. The lowest BCUT2D eigenvalue weighted by atomic mass is 9.91. The highest BCUT2D eigenvalue weighted by Crippen LogP contribution is 2.15. The molecule has 3 heteroatoms. The summed E-state index contributed by atoms with van der Waals surface area (Å²) in [6.45, 7) is 1.78. The van der Waals surface area contributed by atoms with Crippen LogP contribution in [0.25, 0.3) is 0 Å². The van der Waals surface area contributed by atoms with Crippen molar-refractivity contribution in [1.82, 2.24) is 0 Å². The summed E-state index contributed by atoms with van der Waals surface area (Å²) < 4.78 is 0. The van der Waals surface area contributed by atoms with Crippen molar-refractivity contribution in [2.24, 2.45) is 5.73 Å². The predicted molar refractivity (Wildman–Crippen MR) is 59.6 cm³/mol. The largest absolute Gasteiger partial charge is 0.481 e. The molecule has 3 nitrogen and oxygen atoms in total. The predicted octanol–water partition coefficient (Wildman–Crippen LogP) is 1.81. The second kappa shape index (κ2) is 4.94. The van der Waals surface area contributed by atoms with Gasteiger partial charge in [0.1, 0.15) is 0 Å². The molecule has 0 amide bonds. The highest BCUT2D eigenvalue weighted by Gasteiger charge is 2.21. The molecule has 0 aliphatic carbocycles. The van der Waals surface area contributed by atoms with Crippen molar-refractivity contribution in [3.63, 3.8) is 0 Å². The second-order valence-electron chi connectivity index (χ2n) is 4.21. The fourth-order valence-corrected chi connectivity index (χ4v) is 1.51. The van der Waals surface area contributed by atoms with Crippen molar-refractivity contribution in [3.05, 3.63) is 35.9 Å². The number of carboxylic acids is 1. The molecule has 1 rings (SSSR count). The molecule has 0 saturated heterocycles. The van der Waals surface area contributed by atoms with E-state index < -0.39 is 11.5 Å². The van der Waals surface area contributed by atoms with Gasteiger partial charge in [-0.05, 0) is 25.3 Å². The first-order chi connectivity index (χ1) is 6.99.